The third-order valence-electron chi connectivity index (χ3n) is 6.50. The van der Waals surface area contributed by atoms with Crippen molar-refractivity contribution in [1.29, 1.82) is 0 Å². The predicted octanol–water partition coefficient (Wildman–Crippen LogP) is 4.77. The molecular weight excluding hydrogens is 414 g/mol. The Morgan fingerprint density at radius 2 is 1.79 bits per heavy atom. The minimum Gasteiger partial charge on any atom is -0.481 e. The lowest BCUT2D eigenvalue weighted by atomic mass is 9.74. The van der Waals surface area contributed by atoms with E-state index in [1.165, 1.54) is 0 Å². The van der Waals surface area contributed by atoms with Crippen molar-refractivity contribution in [1.82, 2.24) is 19.4 Å². The molecule has 3 N–H and O–H groups in total. The molecule has 0 bridgehead atoms. The highest BCUT2D eigenvalue weighted by atomic mass is 16.4. The molecule has 1 aliphatic carbocycles. The summed E-state index contributed by atoms with van der Waals surface area (Å²) in [4.78, 5) is 25.4. The molecule has 162 valence electrons. The van der Waals surface area contributed by atoms with Gasteiger partial charge in [-0.1, -0.05) is 48.5 Å². The third-order valence-corrected chi connectivity index (χ3v) is 6.50. The van der Waals surface area contributed by atoms with Crippen LogP contribution in [0.15, 0.2) is 73.1 Å². The Bertz CT molecular complexity index is 1520. The van der Waals surface area contributed by atoms with Gasteiger partial charge in [0.2, 0.25) is 0 Å². The number of hydrogen-bond acceptors (Lipinski definition) is 5. The SMILES string of the molecule is Nc1nccn2c(C3CC(C(=O)O)C3)nc(-c3ccc4ccc(-c5ccccc5)nc4c3)c12. The maximum absolute atomic E-state index is 11.3. The summed E-state index contributed by atoms with van der Waals surface area (Å²) in [6.45, 7) is 0. The summed E-state index contributed by atoms with van der Waals surface area (Å²) in [6.07, 6.45) is 4.66. The highest BCUT2D eigenvalue weighted by Gasteiger charge is 2.38. The van der Waals surface area contributed by atoms with Gasteiger partial charge in [0.25, 0.3) is 0 Å². The van der Waals surface area contributed by atoms with Crippen molar-refractivity contribution in [3.63, 3.8) is 0 Å². The second-order valence-corrected chi connectivity index (χ2v) is 8.52. The number of benzene rings is 2. The quantitative estimate of drug-likeness (QED) is 0.421. The maximum Gasteiger partial charge on any atom is 0.306 e. The highest BCUT2D eigenvalue weighted by molar-refractivity contribution is 5.91. The van der Waals surface area contributed by atoms with Gasteiger partial charge in [-0.15, -0.1) is 0 Å². The second kappa shape index (κ2) is 7.41. The molecule has 7 heteroatoms. The second-order valence-electron chi connectivity index (χ2n) is 8.52. The fourth-order valence-electron chi connectivity index (χ4n) is 4.64. The van der Waals surface area contributed by atoms with E-state index in [1.807, 2.05) is 65.2 Å². The first kappa shape index (κ1) is 19.4. The summed E-state index contributed by atoms with van der Waals surface area (Å²) in [6, 6.07) is 20.3. The van der Waals surface area contributed by atoms with Crippen molar-refractivity contribution in [2.24, 2.45) is 5.92 Å². The summed E-state index contributed by atoms with van der Waals surface area (Å²) in [5.41, 5.74) is 11.5. The zero-order valence-electron chi connectivity index (χ0n) is 17.7. The number of fused-ring (bicyclic) bond motifs is 2. The Hall–Kier alpha value is -4.26. The van der Waals surface area contributed by atoms with Crippen LogP contribution in [0.1, 0.15) is 24.6 Å². The van der Waals surface area contributed by atoms with E-state index in [0.29, 0.717) is 18.7 Å². The van der Waals surface area contributed by atoms with Crippen molar-refractivity contribution in [3.8, 4) is 22.5 Å². The van der Waals surface area contributed by atoms with Crippen LogP contribution in [-0.4, -0.2) is 30.4 Å². The number of nitrogens with two attached hydrogens (primary N) is 1. The third kappa shape index (κ3) is 3.20. The number of nitrogens with zero attached hydrogens (tertiary/aromatic N) is 4. The number of carbonyl (C=O) groups is 1. The van der Waals surface area contributed by atoms with E-state index in [0.717, 1.165) is 44.8 Å². The summed E-state index contributed by atoms with van der Waals surface area (Å²) >= 11 is 0. The molecule has 5 aromatic rings. The molecule has 0 saturated heterocycles. The average Bonchev–Trinajstić information content (AvgIpc) is 3.18. The van der Waals surface area contributed by atoms with Gasteiger partial charge in [-0.2, -0.15) is 0 Å². The lowest BCUT2D eigenvalue weighted by Gasteiger charge is -2.31. The van der Waals surface area contributed by atoms with Crippen LogP contribution in [0.2, 0.25) is 0 Å². The number of hydrogen-bond donors (Lipinski definition) is 2. The van der Waals surface area contributed by atoms with E-state index in [4.69, 9.17) is 15.7 Å². The van der Waals surface area contributed by atoms with Crippen molar-refractivity contribution in [2.75, 3.05) is 5.73 Å². The van der Waals surface area contributed by atoms with E-state index < -0.39 is 5.97 Å². The lowest BCUT2D eigenvalue weighted by Crippen LogP contribution is -2.29. The smallest absolute Gasteiger partial charge is 0.306 e. The molecule has 0 spiro atoms. The van der Waals surface area contributed by atoms with Gasteiger partial charge in [-0.25, -0.2) is 15.0 Å². The van der Waals surface area contributed by atoms with Crippen LogP contribution < -0.4 is 5.73 Å². The summed E-state index contributed by atoms with van der Waals surface area (Å²) in [7, 11) is 0. The standard InChI is InChI=1S/C26H21N5O2/c27-24-23-22(30-25(31(23)11-10-28-24)18-12-19(13-18)26(32)33)17-7-6-16-8-9-20(29-21(16)14-17)15-4-2-1-3-5-15/h1-11,14,18-19H,12-13H2,(H2,27,28)(H,32,33). The monoisotopic (exact) mass is 435 g/mol. The van der Waals surface area contributed by atoms with E-state index >= 15 is 0 Å². The maximum atomic E-state index is 11.3. The topological polar surface area (TPSA) is 106 Å². The highest BCUT2D eigenvalue weighted by Crippen LogP contribution is 2.43. The van der Waals surface area contributed by atoms with Crippen molar-refractivity contribution < 1.29 is 9.90 Å². The van der Waals surface area contributed by atoms with E-state index in [2.05, 4.69) is 11.1 Å². The van der Waals surface area contributed by atoms with Crippen LogP contribution >= 0.6 is 0 Å². The first-order valence-electron chi connectivity index (χ1n) is 10.9. The van der Waals surface area contributed by atoms with Crippen LogP contribution in [0, 0.1) is 5.92 Å². The number of imidazole rings is 1. The Morgan fingerprint density at radius 3 is 2.58 bits per heavy atom. The lowest BCUT2D eigenvalue weighted by molar-refractivity contribution is -0.145. The molecule has 33 heavy (non-hydrogen) atoms. The van der Waals surface area contributed by atoms with Crippen LogP contribution in [0.3, 0.4) is 0 Å². The van der Waals surface area contributed by atoms with Gasteiger partial charge < -0.3 is 10.8 Å². The zero-order chi connectivity index (χ0) is 22.5. The van der Waals surface area contributed by atoms with Gasteiger partial charge >= 0.3 is 5.97 Å². The van der Waals surface area contributed by atoms with Crippen LogP contribution in [0.5, 0.6) is 0 Å². The Morgan fingerprint density at radius 1 is 1.00 bits per heavy atom. The molecule has 1 saturated carbocycles. The Labute approximate surface area is 189 Å². The summed E-state index contributed by atoms with van der Waals surface area (Å²) in [5.74, 6) is 0.246. The van der Waals surface area contributed by atoms with Gasteiger partial charge in [0.1, 0.15) is 22.9 Å². The van der Waals surface area contributed by atoms with Crippen molar-refractivity contribution in [3.05, 3.63) is 78.9 Å². The molecule has 6 rings (SSSR count). The van der Waals surface area contributed by atoms with Gasteiger partial charge in [0, 0.05) is 34.8 Å². The normalized spacial score (nSPS) is 17.8. The van der Waals surface area contributed by atoms with Gasteiger partial charge in [0.15, 0.2) is 0 Å². The number of carboxylic acid groups (broad SMARTS) is 1. The van der Waals surface area contributed by atoms with Crippen molar-refractivity contribution >= 4 is 28.2 Å². The van der Waals surface area contributed by atoms with Gasteiger partial charge in [-0.05, 0) is 25.0 Å². The van der Waals surface area contributed by atoms with Crippen LogP contribution in [0.25, 0.3) is 38.9 Å². The summed E-state index contributed by atoms with van der Waals surface area (Å²) in [5, 5.41) is 10.3. The minimum atomic E-state index is -0.747. The van der Waals surface area contributed by atoms with E-state index in [9.17, 15) is 9.90 Å². The molecule has 3 aromatic heterocycles. The first-order chi connectivity index (χ1) is 16.1. The molecule has 0 atom stereocenters. The minimum absolute atomic E-state index is 0.0809. The van der Waals surface area contributed by atoms with E-state index in [-0.39, 0.29) is 11.8 Å². The molecule has 0 radical (unpaired) electrons. The fourth-order valence-corrected chi connectivity index (χ4v) is 4.64. The molecule has 7 nitrogen and oxygen atoms in total. The largest absolute Gasteiger partial charge is 0.481 e. The Balaban J connectivity index is 1.47. The summed E-state index contributed by atoms with van der Waals surface area (Å²) < 4.78 is 1.96. The van der Waals surface area contributed by atoms with Crippen LogP contribution in [-0.2, 0) is 4.79 Å². The molecule has 0 amide bonds. The fraction of sp³-hybridized carbons (Fsp3) is 0.154. The first-order valence-corrected chi connectivity index (χ1v) is 10.9. The number of carboxylic acids is 1. The molecule has 2 aromatic carbocycles. The molecule has 0 aliphatic heterocycles. The molecular formula is C26H21N5O2. The number of pyridine rings is 1. The van der Waals surface area contributed by atoms with Gasteiger partial charge in [-0.3, -0.25) is 9.20 Å². The Kier molecular flexibility index (Phi) is 4.36. The number of anilines is 1. The van der Waals surface area contributed by atoms with Crippen molar-refractivity contribution in [2.45, 2.75) is 18.8 Å². The molecule has 0 unspecified atom stereocenters. The molecule has 1 fully saturated rings. The average molecular weight is 435 g/mol. The number of aromatic nitrogens is 4. The predicted molar refractivity (Wildman–Crippen MR) is 127 cm³/mol. The number of nitrogen functional groups attached to an aromatic ring is 1. The number of rotatable bonds is 4. The van der Waals surface area contributed by atoms with E-state index in [1.54, 1.807) is 6.20 Å². The number of aliphatic carboxylic acids is 1. The molecule has 3 heterocycles. The van der Waals surface area contributed by atoms with Gasteiger partial charge in [0.05, 0.1) is 17.1 Å². The molecule has 1 aliphatic rings. The van der Waals surface area contributed by atoms with Crippen LogP contribution in [0.4, 0.5) is 5.82 Å². The zero-order valence-corrected chi connectivity index (χ0v) is 17.7.